The molecule has 0 aliphatic rings. The maximum absolute atomic E-state index is 14.8. The molecule has 0 fully saturated rings. The molecule has 0 heterocycles. The lowest BCUT2D eigenvalue weighted by Crippen LogP contribution is -2.01. The minimum Gasteiger partial charge on any atom is -0.435 e. The molecule has 4 rings (SSSR count). The van der Waals surface area contributed by atoms with Gasteiger partial charge in [0, 0.05) is 0 Å². The smallest absolute Gasteiger partial charge is 0.387 e. The number of rotatable bonds is 5. The summed E-state index contributed by atoms with van der Waals surface area (Å²) in [5.41, 5.74) is 2.38. The highest BCUT2D eigenvalue weighted by Gasteiger charge is 2.15. The number of ether oxygens (including phenoxy) is 1. The van der Waals surface area contributed by atoms with Crippen molar-refractivity contribution in [2.24, 2.45) is 0 Å². The van der Waals surface area contributed by atoms with Crippen LogP contribution in [-0.4, -0.2) is 6.61 Å². The van der Waals surface area contributed by atoms with Gasteiger partial charge in [-0.1, -0.05) is 49.4 Å². The van der Waals surface area contributed by atoms with Crippen molar-refractivity contribution in [2.45, 2.75) is 20.0 Å². The van der Waals surface area contributed by atoms with Crippen LogP contribution in [0.4, 0.5) is 17.6 Å². The molecule has 0 radical (unpaired) electrons. The summed E-state index contributed by atoms with van der Waals surface area (Å²) in [5.74, 6) is -1.53. The van der Waals surface area contributed by atoms with Crippen LogP contribution in [0.1, 0.15) is 12.5 Å². The number of aryl methyl sites for hydroxylation is 1. The Labute approximate surface area is 171 Å². The van der Waals surface area contributed by atoms with Crippen molar-refractivity contribution < 1.29 is 22.3 Å². The lowest BCUT2D eigenvalue weighted by molar-refractivity contribution is -0.0498. The van der Waals surface area contributed by atoms with Crippen molar-refractivity contribution in [3.63, 3.8) is 0 Å². The van der Waals surface area contributed by atoms with E-state index in [1.165, 1.54) is 42.0 Å². The SMILES string of the molecule is CCc1ccc2cc(-c3cc(F)c(-c4ccc(OC(F)F)cc4)c(F)c3)ccc2c1. The minimum absolute atomic E-state index is 0.0754. The van der Waals surface area contributed by atoms with E-state index < -0.39 is 18.2 Å². The van der Waals surface area contributed by atoms with E-state index in [1.54, 1.807) is 0 Å². The van der Waals surface area contributed by atoms with E-state index in [2.05, 4.69) is 17.7 Å². The van der Waals surface area contributed by atoms with Crippen molar-refractivity contribution in [1.82, 2.24) is 0 Å². The second kappa shape index (κ2) is 8.19. The van der Waals surface area contributed by atoms with Crippen LogP contribution < -0.4 is 4.74 Å². The predicted molar refractivity (Wildman–Crippen MR) is 111 cm³/mol. The Morgan fingerprint density at radius 1 is 0.700 bits per heavy atom. The Kier molecular flexibility index (Phi) is 5.44. The molecule has 4 aromatic rings. The van der Waals surface area contributed by atoms with Crippen molar-refractivity contribution in [2.75, 3.05) is 0 Å². The van der Waals surface area contributed by atoms with Crippen LogP contribution in [0.25, 0.3) is 33.0 Å². The molecule has 4 aromatic carbocycles. The van der Waals surface area contributed by atoms with Gasteiger partial charge in [0.05, 0.1) is 5.56 Å². The molecule has 0 bridgehead atoms. The predicted octanol–water partition coefficient (Wildman–Crippen LogP) is 7.62. The van der Waals surface area contributed by atoms with Gasteiger partial charge in [-0.15, -0.1) is 0 Å². The van der Waals surface area contributed by atoms with Crippen molar-refractivity contribution >= 4 is 10.8 Å². The topological polar surface area (TPSA) is 9.23 Å². The molecule has 1 nitrogen and oxygen atoms in total. The average molecular weight is 410 g/mol. The maximum atomic E-state index is 14.8. The van der Waals surface area contributed by atoms with Gasteiger partial charge in [0.15, 0.2) is 0 Å². The molecule has 0 aliphatic heterocycles. The van der Waals surface area contributed by atoms with Gasteiger partial charge in [-0.3, -0.25) is 0 Å². The Hall–Kier alpha value is -3.34. The summed E-state index contributed by atoms with van der Waals surface area (Å²) in [6.07, 6.45) is 0.935. The first-order chi connectivity index (χ1) is 14.4. The van der Waals surface area contributed by atoms with Crippen LogP contribution >= 0.6 is 0 Å². The van der Waals surface area contributed by atoms with Crippen LogP contribution in [0, 0.1) is 11.6 Å². The average Bonchev–Trinajstić information content (AvgIpc) is 2.73. The van der Waals surface area contributed by atoms with Gasteiger partial charge in [-0.05, 0) is 69.8 Å². The van der Waals surface area contributed by atoms with Gasteiger partial charge in [0.2, 0.25) is 0 Å². The lowest BCUT2D eigenvalue weighted by Gasteiger charge is -2.11. The van der Waals surface area contributed by atoms with E-state index in [9.17, 15) is 17.6 Å². The summed E-state index contributed by atoms with van der Waals surface area (Å²) in [6, 6.07) is 19.6. The lowest BCUT2D eigenvalue weighted by atomic mass is 9.96. The Morgan fingerprint density at radius 2 is 1.30 bits per heavy atom. The highest BCUT2D eigenvalue weighted by Crippen LogP contribution is 2.33. The van der Waals surface area contributed by atoms with Crippen LogP contribution in [0.2, 0.25) is 0 Å². The molecule has 0 unspecified atom stereocenters. The summed E-state index contributed by atoms with van der Waals surface area (Å²) < 4.78 is 58.4. The van der Waals surface area contributed by atoms with E-state index in [4.69, 9.17) is 0 Å². The molecule has 0 saturated carbocycles. The Balaban J connectivity index is 1.69. The summed E-state index contributed by atoms with van der Waals surface area (Å²) in [5, 5.41) is 2.06. The molecule has 0 aromatic heterocycles. The van der Waals surface area contributed by atoms with Gasteiger partial charge >= 0.3 is 6.61 Å². The zero-order chi connectivity index (χ0) is 21.3. The van der Waals surface area contributed by atoms with E-state index in [0.29, 0.717) is 11.1 Å². The first-order valence-electron chi connectivity index (χ1n) is 9.52. The normalized spacial score (nSPS) is 11.3. The molecular weight excluding hydrogens is 392 g/mol. The number of alkyl halides is 2. The van der Waals surface area contributed by atoms with E-state index in [0.717, 1.165) is 17.2 Å². The van der Waals surface area contributed by atoms with Crippen LogP contribution in [0.15, 0.2) is 72.8 Å². The molecule has 5 heteroatoms. The second-order valence-corrected chi connectivity index (χ2v) is 6.97. The number of hydrogen-bond donors (Lipinski definition) is 0. The molecular formula is C25H18F4O. The summed E-state index contributed by atoms with van der Waals surface area (Å²) in [6.45, 7) is -0.874. The first-order valence-corrected chi connectivity index (χ1v) is 9.52. The fourth-order valence-corrected chi connectivity index (χ4v) is 3.51. The minimum atomic E-state index is -2.96. The van der Waals surface area contributed by atoms with Crippen LogP contribution in [0.3, 0.4) is 0 Å². The Morgan fingerprint density at radius 3 is 1.93 bits per heavy atom. The van der Waals surface area contributed by atoms with Gasteiger partial charge in [0.25, 0.3) is 0 Å². The van der Waals surface area contributed by atoms with Gasteiger partial charge < -0.3 is 4.74 Å². The fourth-order valence-electron chi connectivity index (χ4n) is 3.51. The number of halogens is 4. The molecule has 0 saturated heterocycles. The third-order valence-corrected chi connectivity index (χ3v) is 5.06. The Bertz CT molecular complexity index is 1180. The van der Waals surface area contributed by atoms with Crippen molar-refractivity contribution in [1.29, 1.82) is 0 Å². The van der Waals surface area contributed by atoms with Gasteiger partial charge in [0.1, 0.15) is 17.4 Å². The van der Waals surface area contributed by atoms with Crippen LogP contribution in [-0.2, 0) is 6.42 Å². The molecule has 152 valence electrons. The summed E-state index contributed by atoms with van der Waals surface area (Å²) in [4.78, 5) is 0. The standard InChI is InChI=1S/C25H18F4O/c1-2-15-3-4-18-12-19(6-5-17(18)11-15)20-13-22(26)24(23(27)14-20)16-7-9-21(10-8-16)30-25(28)29/h3-14,25H,2H2,1H3. The zero-order valence-corrected chi connectivity index (χ0v) is 16.1. The molecule has 0 aliphatic carbocycles. The largest absolute Gasteiger partial charge is 0.435 e. The number of fused-ring (bicyclic) bond motifs is 1. The highest BCUT2D eigenvalue weighted by atomic mass is 19.3. The number of hydrogen-bond acceptors (Lipinski definition) is 1. The van der Waals surface area contributed by atoms with Gasteiger partial charge in [-0.25, -0.2) is 8.78 Å². The van der Waals surface area contributed by atoms with Crippen LogP contribution in [0.5, 0.6) is 5.75 Å². The van der Waals surface area contributed by atoms with Gasteiger partial charge in [-0.2, -0.15) is 8.78 Å². The second-order valence-electron chi connectivity index (χ2n) is 6.97. The summed E-state index contributed by atoms with van der Waals surface area (Å²) >= 11 is 0. The molecule has 0 amide bonds. The molecule has 0 atom stereocenters. The van der Waals surface area contributed by atoms with E-state index in [-0.39, 0.29) is 16.9 Å². The quantitative estimate of drug-likeness (QED) is 0.308. The molecule has 0 N–H and O–H groups in total. The number of benzene rings is 4. The summed E-state index contributed by atoms with van der Waals surface area (Å²) in [7, 11) is 0. The monoisotopic (exact) mass is 410 g/mol. The third kappa shape index (κ3) is 4.01. The molecule has 30 heavy (non-hydrogen) atoms. The highest BCUT2D eigenvalue weighted by molar-refractivity contribution is 5.88. The van der Waals surface area contributed by atoms with Crippen molar-refractivity contribution in [3.8, 4) is 28.0 Å². The van der Waals surface area contributed by atoms with E-state index in [1.807, 2.05) is 30.3 Å². The fraction of sp³-hybridized carbons (Fsp3) is 0.120. The third-order valence-electron chi connectivity index (χ3n) is 5.06. The zero-order valence-electron chi connectivity index (χ0n) is 16.1. The maximum Gasteiger partial charge on any atom is 0.387 e. The molecule has 0 spiro atoms. The first kappa shape index (κ1) is 20.0. The van der Waals surface area contributed by atoms with Crippen molar-refractivity contribution in [3.05, 3.63) is 90.0 Å². The van der Waals surface area contributed by atoms with E-state index >= 15 is 0 Å².